The van der Waals surface area contributed by atoms with Crippen LogP contribution in [0, 0.1) is 0 Å². The predicted octanol–water partition coefficient (Wildman–Crippen LogP) is 1.33. The topological polar surface area (TPSA) is 37.8 Å². The summed E-state index contributed by atoms with van der Waals surface area (Å²) in [7, 11) is 0. The van der Waals surface area contributed by atoms with E-state index in [4.69, 9.17) is 0 Å². The van der Waals surface area contributed by atoms with Crippen LogP contribution in [0.5, 0.6) is 0 Å². The lowest BCUT2D eigenvalue weighted by molar-refractivity contribution is 0.384. The highest BCUT2D eigenvalue weighted by Gasteiger charge is 2.18. The first-order chi connectivity index (χ1) is 6.36. The van der Waals surface area contributed by atoms with Gasteiger partial charge in [0.1, 0.15) is 6.33 Å². The van der Waals surface area contributed by atoms with Crippen molar-refractivity contribution in [3.8, 4) is 0 Å². The van der Waals surface area contributed by atoms with Gasteiger partial charge in [0.25, 0.3) is 0 Å². The van der Waals surface area contributed by atoms with Crippen LogP contribution in [-0.4, -0.2) is 22.6 Å². The van der Waals surface area contributed by atoms with Crippen molar-refractivity contribution in [2.75, 3.05) is 6.54 Å². The molecule has 0 spiro atoms. The van der Waals surface area contributed by atoms with Gasteiger partial charge in [0.15, 0.2) is 0 Å². The van der Waals surface area contributed by atoms with E-state index in [0.717, 1.165) is 6.54 Å². The Morgan fingerprint density at radius 2 is 2.08 bits per heavy atom. The number of piperidine rings is 1. The molecule has 0 aromatic carbocycles. The zero-order valence-corrected chi connectivity index (χ0v) is 7.90. The predicted molar refractivity (Wildman–Crippen MR) is 51.5 cm³/mol. The van der Waals surface area contributed by atoms with Crippen LogP contribution >= 0.6 is 0 Å². The maximum absolute atomic E-state index is 4.04. The lowest BCUT2D eigenvalue weighted by atomic mass is 9.91. The maximum atomic E-state index is 4.04. The molecule has 3 nitrogen and oxygen atoms in total. The van der Waals surface area contributed by atoms with Crippen molar-refractivity contribution < 1.29 is 0 Å². The van der Waals surface area contributed by atoms with Crippen LogP contribution in [0.15, 0.2) is 18.7 Å². The monoisotopic (exact) mass is 177 g/mol. The first-order valence-electron chi connectivity index (χ1n) is 4.84. The van der Waals surface area contributed by atoms with E-state index in [9.17, 15) is 0 Å². The highest BCUT2D eigenvalue weighted by Crippen LogP contribution is 2.23. The number of rotatable bonds is 1. The number of aromatic nitrogens is 2. The molecule has 1 aromatic rings. The second kappa shape index (κ2) is 3.83. The fraction of sp³-hybridized carbons (Fsp3) is 0.600. The third-order valence-electron chi connectivity index (χ3n) is 2.71. The first kappa shape index (κ1) is 8.63. The van der Waals surface area contributed by atoms with E-state index in [0.29, 0.717) is 12.0 Å². The Labute approximate surface area is 78.6 Å². The van der Waals surface area contributed by atoms with Crippen molar-refractivity contribution in [3.05, 3.63) is 24.3 Å². The lowest BCUT2D eigenvalue weighted by Crippen LogP contribution is -2.35. The number of nitrogens with zero attached hydrogens (tertiary/aromatic N) is 2. The normalized spacial score (nSPS) is 28.7. The summed E-state index contributed by atoms with van der Waals surface area (Å²) in [6.45, 7) is 3.30. The van der Waals surface area contributed by atoms with Gasteiger partial charge in [-0.2, -0.15) is 0 Å². The van der Waals surface area contributed by atoms with Gasteiger partial charge in [-0.1, -0.05) is 0 Å². The Morgan fingerprint density at radius 1 is 1.31 bits per heavy atom. The summed E-state index contributed by atoms with van der Waals surface area (Å²) in [5, 5.41) is 3.47. The molecule has 0 radical (unpaired) electrons. The van der Waals surface area contributed by atoms with Crippen LogP contribution in [-0.2, 0) is 0 Å². The Bertz CT molecular complexity index is 252. The fourth-order valence-corrected chi connectivity index (χ4v) is 1.80. The Kier molecular flexibility index (Phi) is 2.54. The van der Waals surface area contributed by atoms with Crippen molar-refractivity contribution in [2.24, 2.45) is 0 Å². The molecule has 1 saturated heterocycles. The van der Waals surface area contributed by atoms with E-state index >= 15 is 0 Å². The Balaban J connectivity index is 2.03. The molecule has 1 aliphatic rings. The highest BCUT2D eigenvalue weighted by molar-refractivity contribution is 5.11. The molecule has 0 saturated carbocycles. The molecular formula is C10H15N3. The van der Waals surface area contributed by atoms with Crippen LogP contribution in [0.25, 0.3) is 0 Å². The van der Waals surface area contributed by atoms with Gasteiger partial charge in [-0.25, -0.2) is 9.97 Å². The van der Waals surface area contributed by atoms with Crippen molar-refractivity contribution >= 4 is 0 Å². The van der Waals surface area contributed by atoms with E-state index < -0.39 is 0 Å². The standard InChI is InChI=1S/C10H15N3/c1-8-2-3-9(6-13-8)10-4-11-7-12-5-10/h4-5,7-9,13H,2-3,6H2,1H3. The number of hydrogen-bond donors (Lipinski definition) is 1. The number of hydrogen-bond acceptors (Lipinski definition) is 3. The molecule has 1 N–H and O–H groups in total. The molecule has 70 valence electrons. The molecule has 2 atom stereocenters. The molecule has 13 heavy (non-hydrogen) atoms. The average molecular weight is 177 g/mol. The lowest BCUT2D eigenvalue weighted by Gasteiger charge is -2.27. The van der Waals surface area contributed by atoms with Gasteiger partial charge in [0.2, 0.25) is 0 Å². The molecular weight excluding hydrogens is 162 g/mol. The molecule has 2 heterocycles. The van der Waals surface area contributed by atoms with Gasteiger partial charge in [-0.05, 0) is 31.2 Å². The van der Waals surface area contributed by atoms with Gasteiger partial charge in [0, 0.05) is 25.0 Å². The van der Waals surface area contributed by atoms with Gasteiger partial charge in [-0.3, -0.25) is 0 Å². The summed E-state index contributed by atoms with van der Waals surface area (Å²) in [5.74, 6) is 0.609. The molecule has 0 aliphatic carbocycles. The zero-order chi connectivity index (χ0) is 9.10. The smallest absolute Gasteiger partial charge is 0.115 e. The summed E-state index contributed by atoms with van der Waals surface area (Å²) in [6.07, 6.45) is 7.94. The Hall–Kier alpha value is -0.960. The summed E-state index contributed by atoms with van der Waals surface area (Å²) in [5.41, 5.74) is 1.27. The molecule has 1 aromatic heterocycles. The molecule has 0 bridgehead atoms. The second-order valence-electron chi connectivity index (χ2n) is 3.76. The summed E-state index contributed by atoms with van der Waals surface area (Å²) in [4.78, 5) is 8.08. The Morgan fingerprint density at radius 3 is 2.69 bits per heavy atom. The third kappa shape index (κ3) is 2.04. The summed E-state index contributed by atoms with van der Waals surface area (Å²) < 4.78 is 0. The molecule has 1 fully saturated rings. The van der Waals surface area contributed by atoms with Crippen LogP contribution < -0.4 is 5.32 Å². The summed E-state index contributed by atoms with van der Waals surface area (Å²) in [6, 6.07) is 0.667. The van der Waals surface area contributed by atoms with Crippen molar-refractivity contribution in [1.82, 2.24) is 15.3 Å². The third-order valence-corrected chi connectivity index (χ3v) is 2.71. The minimum absolute atomic E-state index is 0.609. The molecule has 2 unspecified atom stereocenters. The van der Waals surface area contributed by atoms with Crippen molar-refractivity contribution in [2.45, 2.75) is 31.7 Å². The highest BCUT2D eigenvalue weighted by atomic mass is 14.9. The van der Waals surface area contributed by atoms with E-state index in [1.807, 2.05) is 12.4 Å². The van der Waals surface area contributed by atoms with Crippen molar-refractivity contribution in [3.63, 3.8) is 0 Å². The second-order valence-corrected chi connectivity index (χ2v) is 3.76. The minimum atomic E-state index is 0.609. The minimum Gasteiger partial charge on any atom is -0.314 e. The summed E-state index contributed by atoms with van der Waals surface area (Å²) >= 11 is 0. The maximum Gasteiger partial charge on any atom is 0.115 e. The van der Waals surface area contributed by atoms with Gasteiger partial charge >= 0.3 is 0 Å². The van der Waals surface area contributed by atoms with Crippen LogP contribution in [0.1, 0.15) is 31.2 Å². The molecule has 3 heteroatoms. The first-order valence-corrected chi connectivity index (χ1v) is 4.84. The van der Waals surface area contributed by atoms with Crippen LogP contribution in [0.4, 0.5) is 0 Å². The average Bonchev–Trinajstić information content (AvgIpc) is 2.20. The van der Waals surface area contributed by atoms with Gasteiger partial charge in [-0.15, -0.1) is 0 Å². The van der Waals surface area contributed by atoms with Gasteiger partial charge in [0.05, 0.1) is 0 Å². The molecule has 1 aliphatic heterocycles. The van der Waals surface area contributed by atoms with E-state index in [-0.39, 0.29) is 0 Å². The van der Waals surface area contributed by atoms with E-state index in [1.54, 1.807) is 6.33 Å². The largest absolute Gasteiger partial charge is 0.314 e. The molecule has 0 amide bonds. The quantitative estimate of drug-likeness (QED) is 0.703. The van der Waals surface area contributed by atoms with Crippen LogP contribution in [0.3, 0.4) is 0 Å². The van der Waals surface area contributed by atoms with Crippen LogP contribution in [0.2, 0.25) is 0 Å². The number of nitrogens with one attached hydrogen (secondary N) is 1. The van der Waals surface area contributed by atoms with Crippen molar-refractivity contribution in [1.29, 1.82) is 0 Å². The molecule has 2 rings (SSSR count). The SMILES string of the molecule is CC1CCC(c2cncnc2)CN1. The fourth-order valence-electron chi connectivity index (χ4n) is 1.80. The van der Waals surface area contributed by atoms with E-state index in [2.05, 4.69) is 22.2 Å². The van der Waals surface area contributed by atoms with Gasteiger partial charge < -0.3 is 5.32 Å². The zero-order valence-electron chi connectivity index (χ0n) is 7.90. The van der Waals surface area contributed by atoms with E-state index in [1.165, 1.54) is 18.4 Å².